The molecule has 5 aliphatic heterocycles. The molecule has 10 rings (SSSR count). The maximum Gasteiger partial charge on any atom is 2.00 e. The van der Waals surface area contributed by atoms with E-state index >= 15 is 0 Å². The predicted octanol–water partition coefficient (Wildman–Crippen LogP) is 5.45. The molecular weight excluding hydrogens is 1050 g/mol. The molecule has 64 heavy (non-hydrogen) atoms. The van der Waals surface area contributed by atoms with E-state index in [4.69, 9.17) is 9.97 Å². The van der Waals surface area contributed by atoms with Gasteiger partial charge in [-0.1, -0.05) is 39.2 Å². The second kappa shape index (κ2) is 19.3. The number of hydrogen-bond donors (Lipinski definition) is 2. The van der Waals surface area contributed by atoms with Gasteiger partial charge in [0.2, 0.25) is 17.8 Å². The third-order valence-corrected chi connectivity index (χ3v) is 17.5. The monoisotopic (exact) mass is 1120 g/mol. The van der Waals surface area contributed by atoms with Gasteiger partial charge in [0.25, 0.3) is 10.2 Å². The van der Waals surface area contributed by atoms with Crippen LogP contribution in [0.15, 0.2) is 41.5 Å². The Morgan fingerprint density at radius 3 is 2.45 bits per heavy atom. The molecule has 4 saturated heterocycles. The van der Waals surface area contributed by atoms with Crippen molar-refractivity contribution in [1.29, 1.82) is 0 Å². The fourth-order valence-electron chi connectivity index (χ4n) is 11.6. The van der Waals surface area contributed by atoms with E-state index in [2.05, 4.69) is 46.9 Å². The van der Waals surface area contributed by atoms with Gasteiger partial charge in [-0.05, 0) is 99.7 Å². The largest absolute Gasteiger partial charge is 2.00 e. The number of carbonyl (C=O) groups is 2. The number of benzene rings is 1. The van der Waals surface area contributed by atoms with Crippen molar-refractivity contribution in [3.05, 3.63) is 65.7 Å². The van der Waals surface area contributed by atoms with Gasteiger partial charge in [0, 0.05) is 81.1 Å². The minimum absolute atomic E-state index is 0. The second-order valence-corrected chi connectivity index (χ2v) is 21.5. The van der Waals surface area contributed by atoms with Crippen LogP contribution in [0.5, 0.6) is 0 Å². The summed E-state index contributed by atoms with van der Waals surface area (Å²) in [5.41, 5.74) is 3.72. The standard InChI is InChI=1S/C34H54N7O2S.C13H12N3O3.U/c1-4-5-6-7-8-18-38-21-16-33(24-38)17-22-40(25-33)44(42,43)39-19-12-28(13-20-39)36-32-35-23-29-31(37-32)41(27(3)34(29)14-15-34)30-11-9-10-26(30)2;1-15-8-4-2-3-5-9(8)16(13(15)19)10-6-7-11(17)14-12(10)18;/h23,26,28,30H,1,3-22,24-25H2,2H3,(H,35,36,37);2-3,5,10H,6-7H2,1H3,(H,14,17,18);/q2*-1;+2. The van der Waals surface area contributed by atoms with E-state index in [1.54, 1.807) is 33.9 Å². The molecule has 1 aromatic carbocycles. The quantitative estimate of drug-likeness (QED) is 0.136. The van der Waals surface area contributed by atoms with Crippen molar-refractivity contribution in [2.75, 3.05) is 56.0 Å². The summed E-state index contributed by atoms with van der Waals surface area (Å²) in [5, 5.41) is 5.86. The average molecular weight is 1120 g/mol. The van der Waals surface area contributed by atoms with Crippen LogP contribution in [0.4, 0.5) is 11.8 Å². The Bertz CT molecular complexity index is 2390. The molecule has 0 radical (unpaired) electrons. The number of nitrogens with one attached hydrogen (secondary N) is 2. The van der Waals surface area contributed by atoms with Crippen LogP contribution >= 0.6 is 0 Å². The molecule has 2 N–H and O–H groups in total. The summed E-state index contributed by atoms with van der Waals surface area (Å²) < 4.78 is 33.9. The van der Waals surface area contributed by atoms with E-state index in [9.17, 15) is 22.8 Å². The summed E-state index contributed by atoms with van der Waals surface area (Å²) in [7, 11) is -1.80. The van der Waals surface area contributed by atoms with Gasteiger partial charge in [-0.15, -0.1) is 6.07 Å². The summed E-state index contributed by atoms with van der Waals surface area (Å²) in [5.74, 6) is 1.66. The van der Waals surface area contributed by atoms with Crippen LogP contribution in [0.25, 0.3) is 11.0 Å². The first-order valence-electron chi connectivity index (χ1n) is 23.6. The first-order chi connectivity index (χ1) is 30.3. The molecule has 6 fully saturated rings. The molecule has 7 aliphatic rings. The number of amides is 2. The van der Waals surface area contributed by atoms with Crippen molar-refractivity contribution in [2.24, 2.45) is 18.4 Å². The van der Waals surface area contributed by atoms with Gasteiger partial charge in [-0.2, -0.15) is 46.6 Å². The van der Waals surface area contributed by atoms with Crippen molar-refractivity contribution in [1.82, 2.24) is 37.9 Å². The van der Waals surface area contributed by atoms with Crippen LogP contribution in [-0.2, 0) is 32.3 Å². The van der Waals surface area contributed by atoms with Crippen LogP contribution < -0.4 is 21.2 Å². The first kappa shape index (κ1) is 47.4. The predicted molar refractivity (Wildman–Crippen MR) is 244 cm³/mol. The Morgan fingerprint density at radius 2 is 1.73 bits per heavy atom. The number of hydrogen-bond acceptors (Lipinski definition) is 10. The zero-order valence-corrected chi connectivity index (χ0v) is 42.8. The van der Waals surface area contributed by atoms with Gasteiger partial charge in [-0.3, -0.25) is 14.9 Å². The topological polar surface area (TPSA) is 158 Å². The molecule has 0 bridgehead atoms. The van der Waals surface area contributed by atoms with Gasteiger partial charge in [0.05, 0.1) is 0 Å². The van der Waals surface area contributed by atoms with Crippen molar-refractivity contribution in [3.63, 3.8) is 0 Å². The van der Waals surface area contributed by atoms with Crippen LogP contribution in [0.3, 0.4) is 0 Å². The number of para-hydroxylation sites is 1. The molecule has 2 saturated carbocycles. The van der Waals surface area contributed by atoms with Gasteiger partial charge in [0.1, 0.15) is 11.9 Å². The van der Waals surface area contributed by atoms with Crippen LogP contribution in [0.1, 0.15) is 121 Å². The molecule has 4 unspecified atom stereocenters. The number of aryl methyl sites for hydroxylation is 1. The maximum atomic E-state index is 13.7. The number of imide groups is 1. The Labute approximate surface area is 402 Å². The van der Waals surface area contributed by atoms with Crippen molar-refractivity contribution in [3.8, 4) is 0 Å². The average Bonchev–Trinajstić information content (AvgIpc) is 3.52. The van der Waals surface area contributed by atoms with Crippen LogP contribution in [-0.4, -0.2) is 111 Å². The Kier molecular flexibility index (Phi) is 14.3. The van der Waals surface area contributed by atoms with Gasteiger partial charge in [0.15, 0.2) is 0 Å². The molecule has 7 heterocycles. The number of fused-ring (bicyclic) bond motifs is 3. The molecular formula is C47H66N10O5SU. The van der Waals surface area contributed by atoms with E-state index < -0.39 is 22.2 Å². The maximum absolute atomic E-state index is 13.7. The van der Waals surface area contributed by atoms with Gasteiger partial charge in [-0.25, -0.2) is 9.78 Å². The Balaban J connectivity index is 0.000000234. The van der Waals surface area contributed by atoms with Gasteiger partial charge >= 0.3 is 36.8 Å². The van der Waals surface area contributed by atoms with Crippen LogP contribution in [0, 0.1) is 55.4 Å². The minimum atomic E-state index is -3.44. The molecule has 2 aliphatic carbocycles. The molecule has 344 valence electrons. The smallest absolute Gasteiger partial charge is 0.351 e. The van der Waals surface area contributed by atoms with E-state index in [1.165, 1.54) is 65.3 Å². The fourth-order valence-corrected chi connectivity index (χ4v) is 13.3. The summed E-state index contributed by atoms with van der Waals surface area (Å²) in [6, 6.07) is 8.25. The third-order valence-electron chi connectivity index (χ3n) is 15.5. The fraction of sp³-hybridized carbons (Fsp3) is 0.660. The zero-order chi connectivity index (χ0) is 44.1. The number of unbranched alkanes of at least 4 members (excludes halogenated alkanes) is 4. The number of imidazole rings is 1. The van der Waals surface area contributed by atoms with Crippen molar-refractivity contribution in [2.45, 2.75) is 133 Å². The molecule has 3 aromatic rings. The van der Waals surface area contributed by atoms with E-state index in [1.807, 2.05) is 6.20 Å². The van der Waals surface area contributed by atoms with Crippen molar-refractivity contribution < 1.29 is 49.1 Å². The molecule has 17 heteroatoms. The molecule has 2 amide bonds. The normalized spacial score (nSPS) is 27.3. The number of allylic oxidation sites excluding steroid dienone is 1. The molecule has 15 nitrogen and oxygen atoms in total. The summed E-state index contributed by atoms with van der Waals surface area (Å²) in [6.07, 6.45) is 18.3. The van der Waals surface area contributed by atoms with Crippen molar-refractivity contribution >= 4 is 44.8 Å². The minimum Gasteiger partial charge on any atom is -0.351 e. The molecule has 2 spiro atoms. The molecule has 2 aromatic heterocycles. The zero-order valence-electron chi connectivity index (χ0n) is 37.8. The first-order valence-corrected chi connectivity index (χ1v) is 25.0. The van der Waals surface area contributed by atoms with E-state index in [-0.39, 0.29) is 66.0 Å². The number of carbonyl (C=O) groups excluding carboxylic acids is 2. The number of anilines is 2. The Hall–Kier alpha value is -3.07. The second-order valence-electron chi connectivity index (χ2n) is 19.6. The number of aromatic nitrogens is 4. The number of piperidine rings is 2. The van der Waals surface area contributed by atoms with E-state index in [0.29, 0.717) is 61.5 Å². The molecule has 4 atom stereocenters. The summed E-state index contributed by atoms with van der Waals surface area (Å²) in [4.78, 5) is 50.2. The third kappa shape index (κ3) is 9.04. The summed E-state index contributed by atoms with van der Waals surface area (Å²) >= 11 is 0. The number of rotatable bonds is 12. The number of likely N-dealkylation sites (tertiary alicyclic amines) is 1. The van der Waals surface area contributed by atoms with Crippen LogP contribution in [0.2, 0.25) is 0 Å². The van der Waals surface area contributed by atoms with E-state index in [0.717, 1.165) is 70.4 Å². The summed E-state index contributed by atoms with van der Waals surface area (Å²) in [6.45, 7) is 16.6. The Morgan fingerprint density at radius 1 is 0.969 bits per heavy atom. The number of nitrogens with zero attached hydrogens (tertiary/aromatic N) is 8. The SMILES string of the molecule is C=C1N(C2CCCC2C)c2nc(NC3CCN(S(=O)(=O)N4CCC5(CCN(CCCCCC[CH2-])C5)C4)CC3)ncc2C12CC2.Cn1c(=O)n(C2CCC(=O)NC2=O)c2ccc[c-]c21.[U+2]. The van der Waals surface area contributed by atoms with Gasteiger partial charge < -0.3 is 31.2 Å².